The van der Waals surface area contributed by atoms with Gasteiger partial charge in [0, 0.05) is 4.88 Å². The van der Waals surface area contributed by atoms with Crippen LogP contribution in [0.2, 0.25) is 0 Å². The van der Waals surface area contributed by atoms with Crippen molar-refractivity contribution in [3.63, 3.8) is 0 Å². The second-order valence-electron chi connectivity index (χ2n) is 4.64. The Balaban J connectivity index is 1.77. The number of carbonyl (C=O) groups is 2. The number of nitrogens with zero attached hydrogens (tertiary/aromatic N) is 1. The summed E-state index contributed by atoms with van der Waals surface area (Å²) < 4.78 is 5.25. The van der Waals surface area contributed by atoms with Crippen molar-refractivity contribution < 1.29 is 19.4 Å². The Labute approximate surface area is 109 Å². The van der Waals surface area contributed by atoms with Crippen LogP contribution in [0.25, 0.3) is 0 Å². The van der Waals surface area contributed by atoms with Gasteiger partial charge in [-0.05, 0) is 18.4 Å². The maximum absolute atomic E-state index is 11.9. The molecule has 1 fully saturated rings. The molecule has 0 radical (unpaired) electrons. The number of rotatable bonds is 5. The number of thiophene rings is 1. The number of aliphatic carboxylic acids is 1. The molecule has 0 unspecified atom stereocenters. The number of hydrogen-bond donors (Lipinski definition) is 1. The van der Waals surface area contributed by atoms with E-state index in [0.717, 1.165) is 4.88 Å². The molecule has 0 bridgehead atoms. The molecule has 0 spiro atoms. The van der Waals surface area contributed by atoms with E-state index in [9.17, 15) is 9.59 Å². The third-order valence-electron chi connectivity index (χ3n) is 2.85. The Kier molecular flexibility index (Phi) is 3.68. The van der Waals surface area contributed by atoms with Gasteiger partial charge in [-0.2, -0.15) is 0 Å². The van der Waals surface area contributed by atoms with Crippen LogP contribution in [0.3, 0.4) is 0 Å². The quantitative estimate of drug-likeness (QED) is 0.865. The Bertz CT molecular complexity index is 437. The summed E-state index contributed by atoms with van der Waals surface area (Å²) in [5.74, 6) is -0.923. The molecule has 2 heterocycles. The fraction of sp³-hybridized carbons (Fsp3) is 0.500. The molecule has 1 aliphatic rings. The van der Waals surface area contributed by atoms with Gasteiger partial charge in [0.2, 0.25) is 5.91 Å². The maximum Gasteiger partial charge on any atom is 0.329 e. The molecule has 2 rings (SSSR count). The number of hydrogen-bond acceptors (Lipinski definition) is 4. The van der Waals surface area contributed by atoms with Crippen molar-refractivity contribution in [2.45, 2.75) is 18.9 Å². The molecule has 6 heteroatoms. The number of carboxylic acids is 1. The van der Waals surface area contributed by atoms with Crippen LogP contribution >= 0.6 is 11.3 Å². The number of carboxylic acid groups (broad SMARTS) is 1. The van der Waals surface area contributed by atoms with E-state index >= 15 is 0 Å². The summed E-state index contributed by atoms with van der Waals surface area (Å²) in [7, 11) is 0. The second-order valence-corrected chi connectivity index (χ2v) is 5.67. The highest BCUT2D eigenvalue weighted by Gasteiger charge is 2.42. The van der Waals surface area contributed by atoms with E-state index in [1.807, 2.05) is 24.4 Å². The SMILES string of the molecule is CC1(OCC(=O)O)CN(C(=O)Cc2cccs2)C1. The Hall–Kier alpha value is -1.40. The molecule has 18 heavy (non-hydrogen) atoms. The van der Waals surface area contributed by atoms with Crippen molar-refractivity contribution in [2.24, 2.45) is 0 Å². The smallest absolute Gasteiger partial charge is 0.329 e. The molecule has 1 aliphatic heterocycles. The van der Waals surface area contributed by atoms with Crippen molar-refractivity contribution in [2.75, 3.05) is 19.7 Å². The average Bonchev–Trinajstić information content (AvgIpc) is 2.75. The molecule has 1 aromatic heterocycles. The summed E-state index contributed by atoms with van der Waals surface area (Å²) >= 11 is 1.56. The van der Waals surface area contributed by atoms with Gasteiger partial charge in [-0.1, -0.05) is 6.07 Å². The van der Waals surface area contributed by atoms with Crippen LogP contribution < -0.4 is 0 Å². The highest BCUT2D eigenvalue weighted by molar-refractivity contribution is 7.10. The predicted molar refractivity (Wildman–Crippen MR) is 66.6 cm³/mol. The molecular weight excluding hydrogens is 254 g/mol. The fourth-order valence-electron chi connectivity index (χ4n) is 1.94. The van der Waals surface area contributed by atoms with E-state index in [-0.39, 0.29) is 12.5 Å². The predicted octanol–water partition coefficient (Wildman–Crippen LogP) is 0.993. The Morgan fingerprint density at radius 2 is 2.28 bits per heavy atom. The zero-order valence-electron chi connectivity index (χ0n) is 10.1. The van der Waals surface area contributed by atoms with Crippen molar-refractivity contribution in [1.29, 1.82) is 0 Å². The molecule has 1 aromatic rings. The van der Waals surface area contributed by atoms with E-state index in [2.05, 4.69) is 0 Å². The maximum atomic E-state index is 11.9. The minimum Gasteiger partial charge on any atom is -0.480 e. The zero-order valence-corrected chi connectivity index (χ0v) is 10.9. The van der Waals surface area contributed by atoms with Gasteiger partial charge in [0.05, 0.1) is 19.5 Å². The molecule has 0 aromatic carbocycles. The van der Waals surface area contributed by atoms with Crippen molar-refractivity contribution >= 4 is 23.2 Å². The number of amides is 1. The summed E-state index contributed by atoms with van der Waals surface area (Å²) in [6.45, 7) is 2.43. The molecule has 5 nitrogen and oxygen atoms in total. The zero-order chi connectivity index (χ0) is 13.2. The molecule has 0 saturated carbocycles. The van der Waals surface area contributed by atoms with Crippen LogP contribution in [0.4, 0.5) is 0 Å². The first-order valence-corrected chi connectivity index (χ1v) is 6.52. The van der Waals surface area contributed by atoms with E-state index in [0.29, 0.717) is 19.5 Å². The average molecular weight is 269 g/mol. The number of likely N-dealkylation sites (tertiary alicyclic amines) is 1. The van der Waals surface area contributed by atoms with Crippen LogP contribution in [0.1, 0.15) is 11.8 Å². The largest absolute Gasteiger partial charge is 0.480 e. The van der Waals surface area contributed by atoms with Crippen LogP contribution in [-0.2, 0) is 20.7 Å². The van der Waals surface area contributed by atoms with Gasteiger partial charge in [-0.15, -0.1) is 11.3 Å². The van der Waals surface area contributed by atoms with Crippen molar-refractivity contribution in [3.8, 4) is 0 Å². The fourth-order valence-corrected chi connectivity index (χ4v) is 2.63. The Morgan fingerprint density at radius 3 is 2.83 bits per heavy atom. The van der Waals surface area contributed by atoms with Crippen LogP contribution in [0, 0.1) is 0 Å². The molecule has 0 aliphatic carbocycles. The first-order chi connectivity index (χ1) is 8.48. The van der Waals surface area contributed by atoms with Gasteiger partial charge in [0.1, 0.15) is 12.2 Å². The highest BCUT2D eigenvalue weighted by Crippen LogP contribution is 2.25. The first-order valence-electron chi connectivity index (χ1n) is 5.64. The third-order valence-corrected chi connectivity index (χ3v) is 3.73. The topological polar surface area (TPSA) is 66.8 Å². The summed E-state index contributed by atoms with van der Waals surface area (Å²) in [6, 6.07) is 3.85. The molecule has 0 atom stereocenters. The van der Waals surface area contributed by atoms with Crippen molar-refractivity contribution in [1.82, 2.24) is 4.90 Å². The van der Waals surface area contributed by atoms with E-state index in [4.69, 9.17) is 9.84 Å². The molecule has 98 valence electrons. The lowest BCUT2D eigenvalue weighted by Crippen LogP contribution is -2.63. The van der Waals surface area contributed by atoms with Gasteiger partial charge in [0.15, 0.2) is 0 Å². The highest BCUT2D eigenvalue weighted by atomic mass is 32.1. The van der Waals surface area contributed by atoms with Gasteiger partial charge in [-0.3, -0.25) is 4.79 Å². The Morgan fingerprint density at radius 1 is 1.56 bits per heavy atom. The van der Waals surface area contributed by atoms with Crippen LogP contribution in [0.5, 0.6) is 0 Å². The van der Waals surface area contributed by atoms with Gasteiger partial charge in [-0.25, -0.2) is 4.79 Å². The molecule has 1 saturated heterocycles. The summed E-state index contributed by atoms with van der Waals surface area (Å²) in [5, 5.41) is 10.5. The standard InChI is InChI=1S/C12H15NO4S/c1-12(17-6-11(15)16)7-13(8-12)10(14)5-9-3-2-4-18-9/h2-4H,5-8H2,1H3,(H,15,16). The lowest BCUT2D eigenvalue weighted by atomic mass is 9.96. The summed E-state index contributed by atoms with van der Waals surface area (Å²) in [4.78, 5) is 25.0. The van der Waals surface area contributed by atoms with Gasteiger partial charge in [0.25, 0.3) is 0 Å². The minimum absolute atomic E-state index is 0.0638. The third kappa shape index (κ3) is 3.08. The van der Waals surface area contributed by atoms with Gasteiger partial charge < -0.3 is 14.7 Å². The van der Waals surface area contributed by atoms with Crippen LogP contribution in [0.15, 0.2) is 17.5 Å². The minimum atomic E-state index is -0.986. The molecular formula is C12H15NO4S. The number of ether oxygens (including phenoxy) is 1. The lowest BCUT2D eigenvalue weighted by molar-refractivity contribution is -0.172. The van der Waals surface area contributed by atoms with E-state index in [1.54, 1.807) is 16.2 Å². The van der Waals surface area contributed by atoms with Crippen molar-refractivity contribution in [3.05, 3.63) is 22.4 Å². The van der Waals surface area contributed by atoms with Gasteiger partial charge >= 0.3 is 5.97 Å². The summed E-state index contributed by atoms with van der Waals surface area (Å²) in [5.41, 5.74) is -0.510. The summed E-state index contributed by atoms with van der Waals surface area (Å²) in [6.07, 6.45) is 0.409. The normalized spacial score (nSPS) is 17.3. The monoisotopic (exact) mass is 269 g/mol. The number of carbonyl (C=O) groups excluding carboxylic acids is 1. The molecule has 1 amide bonds. The molecule has 1 N–H and O–H groups in total. The lowest BCUT2D eigenvalue weighted by Gasteiger charge is -2.47. The first kappa shape index (κ1) is 13.0. The van der Waals surface area contributed by atoms with E-state index in [1.165, 1.54) is 0 Å². The van der Waals surface area contributed by atoms with Crippen LogP contribution in [-0.4, -0.2) is 47.2 Å². The van der Waals surface area contributed by atoms with E-state index < -0.39 is 11.6 Å². The second kappa shape index (κ2) is 5.07.